The Balaban J connectivity index is 1.71. The molecule has 2 fully saturated rings. The van der Waals surface area contributed by atoms with Gasteiger partial charge in [-0.3, -0.25) is 0 Å². The number of ether oxygens (including phenoxy) is 2. The maximum absolute atomic E-state index is 8.88. The van der Waals surface area contributed by atoms with E-state index in [9.17, 15) is 0 Å². The largest absolute Gasteiger partial charge is 0.396 e. The van der Waals surface area contributed by atoms with Gasteiger partial charge in [0.05, 0.1) is 24.9 Å². The molecule has 3 heteroatoms. The molecule has 4 atom stereocenters. The Morgan fingerprint density at radius 2 is 1.95 bits per heavy atom. The van der Waals surface area contributed by atoms with Gasteiger partial charge in [0.15, 0.2) is 0 Å². The zero-order chi connectivity index (χ0) is 14.5. The summed E-state index contributed by atoms with van der Waals surface area (Å²) in [4.78, 5) is 0. The molecule has 1 N–H and O–H groups in total. The second-order valence-corrected chi connectivity index (χ2v) is 6.28. The molecule has 0 aromatic rings. The van der Waals surface area contributed by atoms with E-state index in [4.69, 9.17) is 14.6 Å². The Morgan fingerprint density at radius 3 is 2.65 bits per heavy atom. The molecule has 0 saturated carbocycles. The van der Waals surface area contributed by atoms with Gasteiger partial charge in [0.1, 0.15) is 0 Å². The minimum Gasteiger partial charge on any atom is -0.396 e. The highest BCUT2D eigenvalue weighted by atomic mass is 16.5. The van der Waals surface area contributed by atoms with Crippen molar-refractivity contribution in [1.82, 2.24) is 0 Å². The van der Waals surface area contributed by atoms with Crippen LogP contribution >= 0.6 is 0 Å². The molecule has 0 amide bonds. The molecule has 0 bridgehead atoms. The van der Waals surface area contributed by atoms with E-state index in [1.165, 1.54) is 11.1 Å². The van der Waals surface area contributed by atoms with Crippen molar-refractivity contribution in [2.24, 2.45) is 5.92 Å². The zero-order valence-electron chi connectivity index (χ0n) is 12.6. The van der Waals surface area contributed by atoms with Crippen LogP contribution in [0.3, 0.4) is 0 Å². The van der Waals surface area contributed by atoms with Gasteiger partial charge in [-0.2, -0.15) is 0 Å². The second kappa shape index (κ2) is 7.39. The van der Waals surface area contributed by atoms with Crippen molar-refractivity contribution < 1.29 is 14.6 Å². The minimum atomic E-state index is 0.183. The first-order chi connectivity index (χ1) is 9.60. The lowest BCUT2D eigenvalue weighted by Gasteiger charge is -2.30. The van der Waals surface area contributed by atoms with Gasteiger partial charge in [-0.05, 0) is 55.6 Å². The van der Waals surface area contributed by atoms with Crippen LogP contribution in [-0.4, -0.2) is 36.6 Å². The van der Waals surface area contributed by atoms with Gasteiger partial charge < -0.3 is 14.6 Å². The SMILES string of the molecule is C=C1C[C@H](CCCO)OC1CC[C@H]1C[C@@H](C)C(=C)CO1. The first kappa shape index (κ1) is 15.7. The normalized spacial score (nSPS) is 34.7. The van der Waals surface area contributed by atoms with E-state index < -0.39 is 0 Å². The molecule has 1 unspecified atom stereocenters. The molecule has 2 saturated heterocycles. The fourth-order valence-corrected chi connectivity index (χ4v) is 3.10. The Hall–Kier alpha value is -0.640. The van der Waals surface area contributed by atoms with E-state index in [1.54, 1.807) is 0 Å². The molecule has 2 rings (SSSR count). The molecular formula is C17H28O3. The van der Waals surface area contributed by atoms with Crippen LogP contribution in [0.4, 0.5) is 0 Å². The summed E-state index contributed by atoms with van der Waals surface area (Å²) in [6.45, 7) is 11.4. The summed E-state index contributed by atoms with van der Waals surface area (Å²) < 4.78 is 11.9. The topological polar surface area (TPSA) is 38.7 Å². The lowest BCUT2D eigenvalue weighted by molar-refractivity contribution is -0.00110. The molecule has 114 valence electrons. The molecule has 0 aliphatic carbocycles. The summed E-state index contributed by atoms with van der Waals surface area (Å²) in [5.74, 6) is 0.568. The van der Waals surface area contributed by atoms with Crippen LogP contribution in [0.2, 0.25) is 0 Å². The van der Waals surface area contributed by atoms with E-state index in [1.807, 2.05) is 0 Å². The maximum atomic E-state index is 8.88. The molecular weight excluding hydrogens is 252 g/mol. The molecule has 2 aliphatic rings. The van der Waals surface area contributed by atoms with Crippen molar-refractivity contribution in [1.29, 1.82) is 0 Å². The summed E-state index contributed by atoms with van der Waals surface area (Å²) >= 11 is 0. The van der Waals surface area contributed by atoms with E-state index in [0.717, 1.165) is 38.5 Å². The van der Waals surface area contributed by atoms with Crippen LogP contribution in [0.1, 0.15) is 45.4 Å². The van der Waals surface area contributed by atoms with Crippen molar-refractivity contribution in [3.63, 3.8) is 0 Å². The lowest BCUT2D eigenvalue weighted by atomic mass is 9.91. The third-order valence-corrected chi connectivity index (χ3v) is 4.55. The predicted molar refractivity (Wildman–Crippen MR) is 80.6 cm³/mol. The summed E-state index contributed by atoms with van der Waals surface area (Å²) in [7, 11) is 0. The van der Waals surface area contributed by atoms with Gasteiger partial charge in [-0.15, -0.1) is 0 Å². The van der Waals surface area contributed by atoms with Gasteiger partial charge in [0, 0.05) is 6.61 Å². The predicted octanol–water partition coefficient (Wildman–Crippen LogP) is 3.23. The van der Waals surface area contributed by atoms with Crippen LogP contribution in [0.25, 0.3) is 0 Å². The molecule has 2 aliphatic heterocycles. The highest BCUT2D eigenvalue weighted by Crippen LogP contribution is 2.32. The maximum Gasteiger partial charge on any atom is 0.0788 e. The van der Waals surface area contributed by atoms with Crippen molar-refractivity contribution in [2.75, 3.05) is 13.2 Å². The minimum absolute atomic E-state index is 0.183. The van der Waals surface area contributed by atoms with Crippen molar-refractivity contribution in [3.8, 4) is 0 Å². The van der Waals surface area contributed by atoms with Gasteiger partial charge in [0.2, 0.25) is 0 Å². The van der Waals surface area contributed by atoms with Crippen molar-refractivity contribution >= 4 is 0 Å². The summed E-state index contributed by atoms with van der Waals surface area (Å²) in [6, 6.07) is 0. The Morgan fingerprint density at radius 1 is 1.15 bits per heavy atom. The van der Waals surface area contributed by atoms with Crippen LogP contribution in [0, 0.1) is 5.92 Å². The number of hydrogen-bond donors (Lipinski definition) is 1. The number of aliphatic hydroxyl groups is 1. The molecule has 0 spiro atoms. The third kappa shape index (κ3) is 4.18. The summed E-state index contributed by atoms with van der Waals surface area (Å²) in [6.07, 6.45) is 6.58. The number of hydrogen-bond acceptors (Lipinski definition) is 3. The molecule has 0 aromatic heterocycles. The van der Waals surface area contributed by atoms with Crippen LogP contribution in [0.15, 0.2) is 24.3 Å². The average molecular weight is 280 g/mol. The fraction of sp³-hybridized carbons (Fsp3) is 0.765. The van der Waals surface area contributed by atoms with Crippen molar-refractivity contribution in [3.05, 3.63) is 24.3 Å². The molecule has 0 radical (unpaired) electrons. The van der Waals surface area contributed by atoms with Gasteiger partial charge in [-0.25, -0.2) is 0 Å². The van der Waals surface area contributed by atoms with Crippen molar-refractivity contribution in [2.45, 2.75) is 63.8 Å². The molecule has 20 heavy (non-hydrogen) atoms. The van der Waals surface area contributed by atoms with E-state index >= 15 is 0 Å². The van der Waals surface area contributed by atoms with E-state index in [0.29, 0.717) is 18.6 Å². The van der Waals surface area contributed by atoms with E-state index in [2.05, 4.69) is 20.1 Å². The second-order valence-electron chi connectivity index (χ2n) is 6.28. The molecule has 2 heterocycles. The van der Waals surface area contributed by atoms with Crippen LogP contribution in [0.5, 0.6) is 0 Å². The monoisotopic (exact) mass is 280 g/mol. The zero-order valence-corrected chi connectivity index (χ0v) is 12.6. The van der Waals surface area contributed by atoms with Gasteiger partial charge in [0.25, 0.3) is 0 Å². The first-order valence-corrected chi connectivity index (χ1v) is 7.83. The van der Waals surface area contributed by atoms with Gasteiger partial charge >= 0.3 is 0 Å². The first-order valence-electron chi connectivity index (χ1n) is 7.83. The Labute approximate surface area is 122 Å². The van der Waals surface area contributed by atoms with E-state index in [-0.39, 0.29) is 18.8 Å². The third-order valence-electron chi connectivity index (χ3n) is 4.55. The number of aliphatic hydroxyl groups excluding tert-OH is 1. The highest BCUT2D eigenvalue weighted by Gasteiger charge is 2.30. The van der Waals surface area contributed by atoms with Crippen LogP contribution in [-0.2, 0) is 9.47 Å². The van der Waals surface area contributed by atoms with Gasteiger partial charge in [-0.1, -0.05) is 20.1 Å². The molecule has 3 nitrogen and oxygen atoms in total. The number of rotatable bonds is 6. The lowest BCUT2D eigenvalue weighted by Crippen LogP contribution is -2.27. The fourth-order valence-electron chi connectivity index (χ4n) is 3.10. The average Bonchev–Trinajstić information content (AvgIpc) is 2.78. The standard InChI is InChI=1S/C17H28O3/c1-12-9-15(19-11-14(12)3)6-7-17-13(2)10-16(20-17)5-4-8-18/h12,15-18H,2-11H2,1H3/t12-,15+,16+,17?/m1/s1. The van der Waals surface area contributed by atoms with Crippen LogP contribution < -0.4 is 0 Å². The molecule has 0 aromatic carbocycles. The Kier molecular flexibility index (Phi) is 5.82. The quantitative estimate of drug-likeness (QED) is 0.759. The Bertz CT molecular complexity index is 350. The summed E-state index contributed by atoms with van der Waals surface area (Å²) in [5.41, 5.74) is 2.42. The summed E-state index contributed by atoms with van der Waals surface area (Å²) in [5, 5.41) is 8.88. The smallest absolute Gasteiger partial charge is 0.0788 e. The highest BCUT2D eigenvalue weighted by molar-refractivity contribution is 5.09.